The number of guanidine groups is 1. The predicted octanol–water partition coefficient (Wildman–Crippen LogP) is 2.72. The number of benzene rings is 1. The van der Waals surface area contributed by atoms with Crippen LogP contribution in [-0.4, -0.2) is 13.0 Å². The minimum Gasteiger partial charge on any atom is -0.370 e. The van der Waals surface area contributed by atoms with Crippen molar-refractivity contribution in [2.24, 2.45) is 10.7 Å². The van der Waals surface area contributed by atoms with Crippen LogP contribution in [0.3, 0.4) is 0 Å². The summed E-state index contributed by atoms with van der Waals surface area (Å²) in [6.07, 6.45) is -4.49. The zero-order chi connectivity index (χ0) is 12.3. The molecule has 1 aromatic carbocycles. The molecule has 0 heterocycles. The van der Waals surface area contributed by atoms with Crippen LogP contribution in [0.1, 0.15) is 5.56 Å². The van der Waals surface area contributed by atoms with Gasteiger partial charge >= 0.3 is 6.18 Å². The van der Waals surface area contributed by atoms with Gasteiger partial charge in [0.1, 0.15) is 0 Å². The topological polar surface area (TPSA) is 50.4 Å². The van der Waals surface area contributed by atoms with Gasteiger partial charge in [-0.25, -0.2) is 0 Å². The summed E-state index contributed by atoms with van der Waals surface area (Å²) in [5, 5.41) is 2.14. The number of nitrogens with zero attached hydrogens (tertiary/aromatic N) is 1. The molecule has 1 rings (SSSR count). The Morgan fingerprint density at radius 2 is 2.06 bits per heavy atom. The van der Waals surface area contributed by atoms with Gasteiger partial charge in [-0.05, 0) is 18.2 Å². The molecular weight excluding hydrogens is 243 g/mol. The van der Waals surface area contributed by atoms with Gasteiger partial charge in [-0.2, -0.15) is 13.2 Å². The smallest absolute Gasteiger partial charge is 0.370 e. The van der Waals surface area contributed by atoms with E-state index in [4.69, 9.17) is 17.3 Å². The Kier molecular flexibility index (Phi) is 3.64. The first-order valence-corrected chi connectivity index (χ1v) is 4.58. The van der Waals surface area contributed by atoms with E-state index in [9.17, 15) is 13.2 Å². The Hall–Kier alpha value is -1.43. The van der Waals surface area contributed by atoms with E-state index >= 15 is 0 Å². The van der Waals surface area contributed by atoms with Crippen LogP contribution in [0.5, 0.6) is 0 Å². The van der Waals surface area contributed by atoms with Crippen LogP contribution < -0.4 is 11.1 Å². The van der Waals surface area contributed by atoms with Gasteiger partial charge in [-0.15, -0.1) is 0 Å². The van der Waals surface area contributed by atoms with E-state index in [0.717, 1.165) is 12.1 Å². The van der Waals surface area contributed by atoms with Gasteiger partial charge < -0.3 is 11.1 Å². The number of anilines is 1. The third kappa shape index (κ3) is 3.03. The Labute approximate surface area is 95.1 Å². The van der Waals surface area contributed by atoms with Gasteiger partial charge in [-0.3, -0.25) is 4.99 Å². The zero-order valence-electron chi connectivity index (χ0n) is 8.27. The maximum absolute atomic E-state index is 12.5. The molecule has 0 aliphatic carbocycles. The molecular formula is C9H9ClF3N3. The van der Waals surface area contributed by atoms with Crippen LogP contribution in [0.15, 0.2) is 23.2 Å². The van der Waals surface area contributed by atoms with Crippen molar-refractivity contribution in [2.75, 3.05) is 12.4 Å². The van der Waals surface area contributed by atoms with E-state index in [1.807, 2.05) is 0 Å². The molecule has 0 unspecified atom stereocenters. The first-order valence-electron chi connectivity index (χ1n) is 4.20. The summed E-state index contributed by atoms with van der Waals surface area (Å²) in [5.74, 6) is 0.0236. The molecule has 1 aromatic rings. The summed E-state index contributed by atoms with van der Waals surface area (Å²) in [6.45, 7) is 0. The Morgan fingerprint density at radius 1 is 1.44 bits per heavy atom. The number of aliphatic imine (C=N–C) groups is 1. The van der Waals surface area contributed by atoms with E-state index in [2.05, 4.69) is 10.3 Å². The molecule has 7 heteroatoms. The second-order valence-electron chi connectivity index (χ2n) is 2.93. The maximum atomic E-state index is 12.5. The molecule has 0 fully saturated rings. The molecule has 0 saturated heterocycles. The van der Waals surface area contributed by atoms with E-state index in [0.29, 0.717) is 0 Å². The van der Waals surface area contributed by atoms with E-state index < -0.39 is 11.7 Å². The molecule has 16 heavy (non-hydrogen) atoms. The highest BCUT2D eigenvalue weighted by atomic mass is 35.5. The van der Waals surface area contributed by atoms with Gasteiger partial charge in [-0.1, -0.05) is 11.6 Å². The fourth-order valence-corrected chi connectivity index (χ4v) is 1.25. The van der Waals surface area contributed by atoms with Crippen molar-refractivity contribution >= 4 is 23.2 Å². The highest BCUT2D eigenvalue weighted by Gasteiger charge is 2.33. The summed E-state index contributed by atoms with van der Waals surface area (Å²) in [4.78, 5) is 3.57. The molecule has 0 amide bonds. The molecule has 88 valence electrons. The number of alkyl halides is 3. The molecule has 0 saturated carbocycles. The third-order valence-electron chi connectivity index (χ3n) is 1.79. The van der Waals surface area contributed by atoms with E-state index in [1.165, 1.54) is 13.1 Å². The van der Waals surface area contributed by atoms with Crippen molar-refractivity contribution < 1.29 is 13.2 Å². The monoisotopic (exact) mass is 251 g/mol. The summed E-state index contributed by atoms with van der Waals surface area (Å²) >= 11 is 5.44. The lowest BCUT2D eigenvalue weighted by atomic mass is 10.2. The van der Waals surface area contributed by atoms with Crippen molar-refractivity contribution in [1.82, 2.24) is 0 Å². The normalized spacial score (nSPS) is 12.7. The van der Waals surface area contributed by atoms with Crippen molar-refractivity contribution in [3.63, 3.8) is 0 Å². The molecule has 0 atom stereocenters. The Balaban J connectivity index is 3.08. The predicted molar refractivity (Wildman–Crippen MR) is 57.6 cm³/mol. The molecule has 0 aliphatic heterocycles. The van der Waals surface area contributed by atoms with Gasteiger partial charge in [0.2, 0.25) is 0 Å². The van der Waals surface area contributed by atoms with Gasteiger partial charge in [0, 0.05) is 12.7 Å². The lowest BCUT2D eigenvalue weighted by Crippen LogP contribution is -2.22. The van der Waals surface area contributed by atoms with Gasteiger partial charge in [0.15, 0.2) is 5.96 Å². The molecule has 3 N–H and O–H groups in total. The lowest BCUT2D eigenvalue weighted by molar-refractivity contribution is -0.137. The standard InChI is InChI=1S/C9H9ClF3N3/c1-15-8(14)16-5-2-3-7(10)6(4-5)9(11,12)13/h2-4H,1H3,(H3,14,15,16). The summed E-state index contributed by atoms with van der Waals surface area (Å²) in [7, 11) is 1.42. The van der Waals surface area contributed by atoms with Crippen molar-refractivity contribution in [3.8, 4) is 0 Å². The fraction of sp³-hybridized carbons (Fsp3) is 0.222. The number of hydrogen-bond acceptors (Lipinski definition) is 1. The largest absolute Gasteiger partial charge is 0.417 e. The fourth-order valence-electron chi connectivity index (χ4n) is 1.02. The molecule has 0 spiro atoms. The lowest BCUT2D eigenvalue weighted by Gasteiger charge is -2.11. The maximum Gasteiger partial charge on any atom is 0.417 e. The number of halogens is 4. The van der Waals surface area contributed by atoms with Gasteiger partial charge in [0.25, 0.3) is 0 Å². The van der Waals surface area contributed by atoms with Crippen LogP contribution in [0.4, 0.5) is 18.9 Å². The van der Waals surface area contributed by atoms with Crippen LogP contribution in [0.25, 0.3) is 0 Å². The Morgan fingerprint density at radius 3 is 2.56 bits per heavy atom. The number of nitrogens with two attached hydrogens (primary N) is 1. The Bertz CT molecular complexity index is 415. The van der Waals surface area contributed by atoms with Crippen LogP contribution in [0, 0.1) is 0 Å². The quantitative estimate of drug-likeness (QED) is 0.596. The highest BCUT2D eigenvalue weighted by molar-refractivity contribution is 6.31. The number of hydrogen-bond donors (Lipinski definition) is 2. The molecule has 0 radical (unpaired) electrons. The van der Waals surface area contributed by atoms with Crippen molar-refractivity contribution in [2.45, 2.75) is 6.18 Å². The molecule has 0 aromatic heterocycles. The number of nitrogens with one attached hydrogen (secondary N) is 1. The first-order chi connectivity index (χ1) is 7.34. The second kappa shape index (κ2) is 4.61. The average molecular weight is 252 g/mol. The summed E-state index contributed by atoms with van der Waals surface area (Å²) < 4.78 is 37.4. The number of rotatable bonds is 1. The second-order valence-corrected chi connectivity index (χ2v) is 3.33. The van der Waals surface area contributed by atoms with Crippen LogP contribution in [0.2, 0.25) is 5.02 Å². The van der Waals surface area contributed by atoms with Crippen LogP contribution >= 0.6 is 11.6 Å². The minimum absolute atomic E-state index is 0.0236. The average Bonchev–Trinajstić information content (AvgIpc) is 2.19. The van der Waals surface area contributed by atoms with Crippen molar-refractivity contribution in [1.29, 1.82) is 0 Å². The third-order valence-corrected chi connectivity index (χ3v) is 2.11. The van der Waals surface area contributed by atoms with E-state index in [1.54, 1.807) is 0 Å². The zero-order valence-corrected chi connectivity index (χ0v) is 9.02. The van der Waals surface area contributed by atoms with Crippen molar-refractivity contribution in [3.05, 3.63) is 28.8 Å². The SMILES string of the molecule is CN=C(N)Nc1ccc(Cl)c(C(F)(F)F)c1. The summed E-state index contributed by atoms with van der Waals surface area (Å²) in [6, 6.07) is 3.41. The molecule has 0 aliphatic rings. The summed E-state index contributed by atoms with van der Waals surface area (Å²) in [5.41, 5.74) is 4.59. The minimum atomic E-state index is -4.49. The molecule has 3 nitrogen and oxygen atoms in total. The van der Waals surface area contributed by atoms with Gasteiger partial charge in [0.05, 0.1) is 10.6 Å². The highest BCUT2D eigenvalue weighted by Crippen LogP contribution is 2.36. The molecule has 0 bridgehead atoms. The first kappa shape index (κ1) is 12.6. The van der Waals surface area contributed by atoms with E-state index in [-0.39, 0.29) is 16.7 Å². The van der Waals surface area contributed by atoms with Crippen LogP contribution in [-0.2, 0) is 6.18 Å².